The molecule has 0 aliphatic carbocycles. The van der Waals surface area contributed by atoms with E-state index in [0.717, 1.165) is 19.7 Å². The molecule has 0 bridgehead atoms. The number of fused-ring (bicyclic) bond motifs is 1. The maximum atomic E-state index is 12.7. The Hall–Kier alpha value is -2.44. The molecule has 0 saturated carbocycles. The van der Waals surface area contributed by atoms with Crippen molar-refractivity contribution in [3.05, 3.63) is 69.4 Å². The third-order valence-corrected chi connectivity index (χ3v) is 5.73. The van der Waals surface area contributed by atoms with Crippen molar-refractivity contribution >= 4 is 52.0 Å². The summed E-state index contributed by atoms with van der Waals surface area (Å²) in [5.41, 5.74) is 1.66. The van der Waals surface area contributed by atoms with Gasteiger partial charge in [-0.1, -0.05) is 35.5 Å². The minimum atomic E-state index is -0.348. The Bertz CT molecular complexity index is 1060. The van der Waals surface area contributed by atoms with Crippen LogP contribution in [0.15, 0.2) is 62.9 Å². The van der Waals surface area contributed by atoms with Gasteiger partial charge >= 0.3 is 0 Å². The molecule has 1 unspecified atom stereocenters. The zero-order valence-corrected chi connectivity index (χ0v) is 18.0. The minimum Gasteiger partial charge on any atom is -0.388 e. The summed E-state index contributed by atoms with van der Waals surface area (Å²) in [6.45, 7) is -0.0749. The van der Waals surface area contributed by atoms with E-state index >= 15 is 0 Å². The normalized spacial score (nSPS) is 13.8. The fraction of sp³-hybridized carbons (Fsp3) is 0.158. The highest BCUT2D eigenvalue weighted by Crippen LogP contribution is 2.32. The molecule has 4 rings (SSSR count). The van der Waals surface area contributed by atoms with E-state index < -0.39 is 0 Å². The molecule has 0 saturated heterocycles. The highest BCUT2D eigenvalue weighted by molar-refractivity contribution is 14.1. The number of amidine groups is 1. The van der Waals surface area contributed by atoms with Gasteiger partial charge in [0.2, 0.25) is 11.7 Å². The summed E-state index contributed by atoms with van der Waals surface area (Å²) < 4.78 is 9.37. The summed E-state index contributed by atoms with van der Waals surface area (Å²) >= 11 is 3.59. The zero-order chi connectivity index (χ0) is 20.2. The molecular weight excluding hydrogens is 505 g/mol. The van der Waals surface area contributed by atoms with Crippen LogP contribution in [0.1, 0.15) is 23.2 Å². The van der Waals surface area contributed by atoms with Gasteiger partial charge in [0, 0.05) is 10.1 Å². The van der Waals surface area contributed by atoms with E-state index in [4.69, 9.17) is 4.52 Å². The number of carbonyl (C=O) groups excluding carboxylic acids is 1. The number of hydrogen-bond donors (Lipinski definition) is 3. The molecule has 3 N–H and O–H groups in total. The van der Waals surface area contributed by atoms with E-state index in [0.29, 0.717) is 5.89 Å². The average molecular weight is 521 g/mol. The Balaban J connectivity index is 1.51. The Morgan fingerprint density at radius 3 is 2.86 bits per heavy atom. The maximum Gasteiger partial charge on any atom is 0.287 e. The number of aromatic nitrogens is 2. The number of rotatable bonds is 6. The Morgan fingerprint density at radius 2 is 2.10 bits per heavy atom. The molecule has 29 heavy (non-hydrogen) atoms. The van der Waals surface area contributed by atoms with E-state index in [1.165, 1.54) is 11.9 Å². The van der Waals surface area contributed by atoms with Crippen molar-refractivity contribution in [3.8, 4) is 0 Å². The summed E-state index contributed by atoms with van der Waals surface area (Å²) in [4.78, 5) is 22.3. The van der Waals surface area contributed by atoms with Gasteiger partial charge in [-0.15, -0.1) is 0 Å². The van der Waals surface area contributed by atoms with Crippen molar-refractivity contribution in [1.29, 1.82) is 0 Å². The van der Waals surface area contributed by atoms with Gasteiger partial charge in [0.25, 0.3) is 5.91 Å². The topological polar surface area (TPSA) is 113 Å². The number of amides is 1. The van der Waals surface area contributed by atoms with Crippen LogP contribution in [0.3, 0.4) is 0 Å². The van der Waals surface area contributed by atoms with E-state index in [1.807, 2.05) is 48.5 Å². The fourth-order valence-corrected chi connectivity index (χ4v) is 4.24. The third kappa shape index (κ3) is 4.60. The van der Waals surface area contributed by atoms with Crippen LogP contribution in [0, 0.1) is 3.57 Å². The van der Waals surface area contributed by atoms with Gasteiger partial charge in [0.15, 0.2) is 5.82 Å². The molecule has 148 valence electrons. The molecule has 8 nitrogen and oxygen atoms in total. The minimum absolute atomic E-state index is 0.202. The van der Waals surface area contributed by atoms with Gasteiger partial charge in [-0.05, 0) is 58.3 Å². The molecule has 2 heterocycles. The van der Waals surface area contributed by atoms with Crippen LogP contribution in [0.25, 0.3) is 0 Å². The number of aliphatic imine (C=N–C) groups is 1. The maximum absolute atomic E-state index is 12.7. The van der Waals surface area contributed by atoms with Crippen LogP contribution in [0.2, 0.25) is 0 Å². The van der Waals surface area contributed by atoms with Crippen molar-refractivity contribution in [2.45, 2.75) is 17.4 Å². The summed E-state index contributed by atoms with van der Waals surface area (Å²) in [6, 6.07) is 15.4. The average Bonchev–Trinajstić information content (AvgIpc) is 3.23. The van der Waals surface area contributed by atoms with Crippen molar-refractivity contribution in [2.24, 2.45) is 4.99 Å². The quantitative estimate of drug-likeness (QED) is 0.338. The molecule has 1 amide bonds. The van der Waals surface area contributed by atoms with E-state index in [2.05, 4.69) is 47.8 Å². The van der Waals surface area contributed by atoms with Gasteiger partial charge in [0.05, 0.1) is 16.5 Å². The van der Waals surface area contributed by atoms with Crippen LogP contribution in [-0.4, -0.2) is 33.5 Å². The van der Waals surface area contributed by atoms with E-state index in [1.54, 1.807) is 0 Å². The molecule has 0 spiro atoms. The van der Waals surface area contributed by atoms with Crippen LogP contribution in [0.4, 0.5) is 5.69 Å². The largest absolute Gasteiger partial charge is 0.388 e. The lowest BCUT2D eigenvalue weighted by atomic mass is 9.99. The number of benzene rings is 2. The zero-order valence-electron chi connectivity index (χ0n) is 15.0. The first kappa shape index (κ1) is 19.9. The standard InChI is InChI=1S/C19H16IN5O3S/c20-12-6-7-14-15(8-12)29-25-17(22-14)18(27)21-9-13(11-4-2-1-3-5-11)19-23-16(10-26)24-28-19/h1-8,13,26H,9-10H2,(H,21,27)(H,22,25). The lowest BCUT2D eigenvalue weighted by Gasteiger charge is -2.18. The SMILES string of the molecule is O=C(NCC(c1ccccc1)c1nc(CO)no1)C1=Nc2ccc(I)cc2SN1. The Morgan fingerprint density at radius 1 is 1.28 bits per heavy atom. The van der Waals surface area contributed by atoms with Gasteiger partial charge in [0.1, 0.15) is 6.61 Å². The van der Waals surface area contributed by atoms with E-state index in [-0.39, 0.29) is 36.6 Å². The molecule has 2 aromatic carbocycles. The predicted molar refractivity (Wildman–Crippen MR) is 117 cm³/mol. The van der Waals surface area contributed by atoms with Crippen molar-refractivity contribution in [3.63, 3.8) is 0 Å². The summed E-state index contributed by atoms with van der Waals surface area (Å²) in [5.74, 6) is 0.0851. The van der Waals surface area contributed by atoms with Crippen molar-refractivity contribution in [2.75, 3.05) is 6.54 Å². The van der Waals surface area contributed by atoms with E-state index in [9.17, 15) is 9.90 Å². The number of carbonyl (C=O) groups is 1. The molecule has 1 aliphatic rings. The Kier molecular flexibility index (Phi) is 6.11. The highest BCUT2D eigenvalue weighted by Gasteiger charge is 2.24. The van der Waals surface area contributed by atoms with Crippen LogP contribution < -0.4 is 10.0 Å². The number of halogens is 1. The second-order valence-corrected chi connectivity index (χ2v) is 8.25. The molecule has 0 fully saturated rings. The number of aliphatic hydroxyl groups is 1. The second kappa shape index (κ2) is 8.93. The first-order chi connectivity index (χ1) is 14.1. The van der Waals surface area contributed by atoms with Gasteiger partial charge < -0.3 is 19.7 Å². The van der Waals surface area contributed by atoms with Gasteiger partial charge in [-0.2, -0.15) is 4.98 Å². The molecule has 0 radical (unpaired) electrons. The number of nitrogens with one attached hydrogen (secondary N) is 2. The molecule has 1 aliphatic heterocycles. The predicted octanol–water partition coefficient (Wildman–Crippen LogP) is 2.76. The van der Waals surface area contributed by atoms with Crippen LogP contribution >= 0.6 is 34.5 Å². The van der Waals surface area contributed by atoms with Crippen LogP contribution in [-0.2, 0) is 11.4 Å². The van der Waals surface area contributed by atoms with Crippen LogP contribution in [0.5, 0.6) is 0 Å². The summed E-state index contributed by atoms with van der Waals surface area (Å²) in [7, 11) is 0. The molecule has 3 aromatic rings. The fourth-order valence-electron chi connectivity index (χ4n) is 2.79. The van der Waals surface area contributed by atoms with Gasteiger partial charge in [-0.3, -0.25) is 4.79 Å². The second-order valence-electron chi connectivity index (χ2n) is 6.16. The summed E-state index contributed by atoms with van der Waals surface area (Å²) in [5, 5.41) is 15.8. The summed E-state index contributed by atoms with van der Waals surface area (Å²) in [6.07, 6.45) is 0. The van der Waals surface area contributed by atoms with Crippen molar-refractivity contribution in [1.82, 2.24) is 20.2 Å². The first-order valence-corrected chi connectivity index (χ1v) is 10.6. The van der Waals surface area contributed by atoms with Gasteiger partial charge in [-0.25, -0.2) is 4.99 Å². The third-order valence-electron chi connectivity index (χ3n) is 4.22. The lowest BCUT2D eigenvalue weighted by Crippen LogP contribution is -2.40. The number of aliphatic hydroxyl groups excluding tert-OH is 1. The smallest absolute Gasteiger partial charge is 0.287 e. The number of nitrogens with zero attached hydrogens (tertiary/aromatic N) is 3. The Labute approximate surface area is 184 Å². The highest BCUT2D eigenvalue weighted by atomic mass is 127. The number of hydrogen-bond acceptors (Lipinski definition) is 8. The molecule has 1 atom stereocenters. The van der Waals surface area contributed by atoms with Crippen molar-refractivity contribution < 1.29 is 14.4 Å². The molecule has 10 heteroatoms. The monoisotopic (exact) mass is 521 g/mol. The molecule has 1 aromatic heterocycles. The lowest BCUT2D eigenvalue weighted by molar-refractivity contribution is -0.115. The first-order valence-electron chi connectivity index (χ1n) is 8.71. The molecular formula is C19H16IN5O3S.